The molecule has 98 valence electrons. The molecular weight excluding hydrogens is 266 g/mol. The number of phenolic OH excluding ortho intramolecular Hbond substituents is 1. The highest BCUT2D eigenvalue weighted by Gasteiger charge is 2.11. The number of nitrogens with one attached hydrogen (secondary N) is 1. The lowest BCUT2D eigenvalue weighted by Gasteiger charge is -2.07. The van der Waals surface area contributed by atoms with Gasteiger partial charge in [0, 0.05) is 5.02 Å². The summed E-state index contributed by atoms with van der Waals surface area (Å²) in [5.74, 6) is -0.693. The predicted octanol–water partition coefficient (Wildman–Crippen LogP) is 2.91. The molecule has 1 amide bonds. The van der Waals surface area contributed by atoms with E-state index in [0.717, 1.165) is 5.56 Å². The average molecular weight is 278 g/mol. The molecule has 0 aliphatic heterocycles. The van der Waals surface area contributed by atoms with Crippen LogP contribution < -0.4 is 5.48 Å². The third-order valence-electron chi connectivity index (χ3n) is 2.45. The van der Waals surface area contributed by atoms with E-state index in [2.05, 4.69) is 5.48 Å². The summed E-state index contributed by atoms with van der Waals surface area (Å²) in [6.45, 7) is 0.244. The highest BCUT2D eigenvalue weighted by atomic mass is 35.5. The summed E-state index contributed by atoms with van der Waals surface area (Å²) in [5, 5.41) is 9.91. The molecule has 0 aliphatic rings. The standard InChI is InChI=1S/C14H12ClNO3/c15-11-6-7-13(17)12(8-11)14(18)16-19-9-10-4-2-1-3-5-10/h1-8,17H,9H2,(H,16,18). The molecule has 0 fully saturated rings. The smallest absolute Gasteiger partial charge is 0.278 e. The summed E-state index contributed by atoms with van der Waals surface area (Å²) in [5.41, 5.74) is 3.26. The van der Waals surface area contributed by atoms with Crippen molar-refractivity contribution in [1.29, 1.82) is 0 Å². The van der Waals surface area contributed by atoms with E-state index in [1.54, 1.807) is 0 Å². The molecule has 0 saturated carbocycles. The van der Waals surface area contributed by atoms with Crippen LogP contribution in [0, 0.1) is 0 Å². The molecule has 2 N–H and O–H groups in total. The van der Waals surface area contributed by atoms with Gasteiger partial charge in [-0.25, -0.2) is 5.48 Å². The zero-order valence-electron chi connectivity index (χ0n) is 9.97. The molecule has 2 rings (SSSR count). The average Bonchev–Trinajstić information content (AvgIpc) is 2.42. The van der Waals surface area contributed by atoms with Crippen LogP contribution in [0.5, 0.6) is 5.75 Å². The highest BCUT2D eigenvalue weighted by molar-refractivity contribution is 6.31. The molecular formula is C14H12ClNO3. The monoisotopic (exact) mass is 277 g/mol. The number of benzene rings is 2. The van der Waals surface area contributed by atoms with Crippen LogP contribution in [0.4, 0.5) is 0 Å². The van der Waals surface area contributed by atoms with E-state index in [-0.39, 0.29) is 17.9 Å². The van der Waals surface area contributed by atoms with Gasteiger partial charge in [-0.3, -0.25) is 9.63 Å². The Kier molecular flexibility index (Phi) is 4.39. The molecule has 5 heteroatoms. The van der Waals surface area contributed by atoms with Crippen molar-refractivity contribution in [2.45, 2.75) is 6.61 Å². The van der Waals surface area contributed by atoms with Gasteiger partial charge in [0.25, 0.3) is 5.91 Å². The quantitative estimate of drug-likeness (QED) is 0.845. The van der Waals surface area contributed by atoms with Crippen LogP contribution in [0.2, 0.25) is 5.02 Å². The van der Waals surface area contributed by atoms with Crippen molar-refractivity contribution in [2.75, 3.05) is 0 Å². The number of amides is 1. The minimum Gasteiger partial charge on any atom is -0.507 e. The lowest BCUT2D eigenvalue weighted by atomic mass is 10.2. The van der Waals surface area contributed by atoms with Gasteiger partial charge in [0.2, 0.25) is 0 Å². The van der Waals surface area contributed by atoms with Crippen molar-refractivity contribution in [3.63, 3.8) is 0 Å². The number of hydrogen-bond acceptors (Lipinski definition) is 3. The highest BCUT2D eigenvalue weighted by Crippen LogP contribution is 2.21. The van der Waals surface area contributed by atoms with Crippen LogP contribution in [0.3, 0.4) is 0 Å². The van der Waals surface area contributed by atoms with Crippen LogP contribution in [0.25, 0.3) is 0 Å². The number of halogens is 1. The van der Waals surface area contributed by atoms with E-state index in [1.807, 2.05) is 30.3 Å². The van der Waals surface area contributed by atoms with Crippen LogP contribution in [-0.2, 0) is 11.4 Å². The summed E-state index contributed by atoms with van der Waals surface area (Å²) >= 11 is 5.76. The van der Waals surface area contributed by atoms with Crippen molar-refractivity contribution in [2.24, 2.45) is 0 Å². The number of hydrogen-bond donors (Lipinski definition) is 2. The number of rotatable bonds is 4. The fraction of sp³-hybridized carbons (Fsp3) is 0.0714. The van der Waals surface area contributed by atoms with Gasteiger partial charge in [0.05, 0.1) is 12.2 Å². The topological polar surface area (TPSA) is 58.6 Å². The normalized spacial score (nSPS) is 10.2. The Bertz CT molecular complexity index is 572. The van der Waals surface area contributed by atoms with E-state index in [1.165, 1.54) is 18.2 Å². The maximum absolute atomic E-state index is 11.8. The molecule has 2 aromatic rings. The van der Waals surface area contributed by atoms with Gasteiger partial charge in [-0.15, -0.1) is 0 Å². The molecule has 0 spiro atoms. The van der Waals surface area contributed by atoms with E-state index in [9.17, 15) is 9.90 Å². The van der Waals surface area contributed by atoms with Crippen molar-refractivity contribution < 1.29 is 14.7 Å². The van der Waals surface area contributed by atoms with Crippen LogP contribution in [-0.4, -0.2) is 11.0 Å². The van der Waals surface area contributed by atoms with Crippen LogP contribution in [0.15, 0.2) is 48.5 Å². The molecule has 0 unspecified atom stereocenters. The zero-order valence-corrected chi connectivity index (χ0v) is 10.7. The lowest BCUT2D eigenvalue weighted by molar-refractivity contribution is 0.0231. The maximum atomic E-state index is 11.8. The number of hydroxylamine groups is 1. The van der Waals surface area contributed by atoms with Crippen molar-refractivity contribution >= 4 is 17.5 Å². The Morgan fingerprint density at radius 2 is 1.95 bits per heavy atom. The fourth-order valence-electron chi connectivity index (χ4n) is 1.50. The Morgan fingerprint density at radius 3 is 2.68 bits per heavy atom. The van der Waals surface area contributed by atoms with Gasteiger partial charge in [-0.1, -0.05) is 41.9 Å². The summed E-state index contributed by atoms with van der Waals surface area (Å²) in [7, 11) is 0. The fourth-order valence-corrected chi connectivity index (χ4v) is 1.68. The number of carbonyl (C=O) groups is 1. The predicted molar refractivity (Wildman–Crippen MR) is 71.8 cm³/mol. The summed E-state index contributed by atoms with van der Waals surface area (Å²) < 4.78 is 0. The molecule has 0 heterocycles. The SMILES string of the molecule is O=C(NOCc1ccccc1)c1cc(Cl)ccc1O. The van der Waals surface area contributed by atoms with Gasteiger partial charge in [-0.2, -0.15) is 0 Å². The molecule has 4 nitrogen and oxygen atoms in total. The molecule has 2 aromatic carbocycles. The van der Waals surface area contributed by atoms with E-state index >= 15 is 0 Å². The first kappa shape index (κ1) is 13.4. The third kappa shape index (κ3) is 3.71. The summed E-state index contributed by atoms with van der Waals surface area (Å²) in [4.78, 5) is 16.8. The molecule has 0 aliphatic carbocycles. The Hall–Kier alpha value is -2.04. The van der Waals surface area contributed by atoms with Gasteiger partial charge < -0.3 is 5.11 Å². The second-order valence-electron chi connectivity index (χ2n) is 3.87. The summed E-state index contributed by atoms with van der Waals surface area (Å²) in [6.07, 6.45) is 0. The first-order valence-electron chi connectivity index (χ1n) is 5.61. The molecule has 0 aromatic heterocycles. The minimum absolute atomic E-state index is 0.0700. The van der Waals surface area contributed by atoms with Crippen molar-refractivity contribution in [3.8, 4) is 5.75 Å². The van der Waals surface area contributed by atoms with E-state index in [4.69, 9.17) is 16.4 Å². The van der Waals surface area contributed by atoms with E-state index < -0.39 is 5.91 Å². The molecule has 19 heavy (non-hydrogen) atoms. The van der Waals surface area contributed by atoms with Crippen LogP contribution >= 0.6 is 11.6 Å². The molecule has 0 bridgehead atoms. The zero-order chi connectivity index (χ0) is 13.7. The lowest BCUT2D eigenvalue weighted by Crippen LogP contribution is -2.23. The minimum atomic E-state index is -0.545. The Balaban J connectivity index is 1.93. The molecule has 0 atom stereocenters. The number of phenols is 1. The van der Waals surface area contributed by atoms with E-state index in [0.29, 0.717) is 5.02 Å². The number of carbonyl (C=O) groups excluding carboxylic acids is 1. The van der Waals surface area contributed by atoms with Gasteiger partial charge in [0.1, 0.15) is 5.75 Å². The number of aromatic hydroxyl groups is 1. The van der Waals surface area contributed by atoms with Gasteiger partial charge in [-0.05, 0) is 23.8 Å². The Labute approximate surface area is 115 Å². The first-order chi connectivity index (χ1) is 9.16. The molecule has 0 saturated heterocycles. The molecule has 0 radical (unpaired) electrons. The van der Waals surface area contributed by atoms with Gasteiger partial charge >= 0.3 is 0 Å². The first-order valence-corrected chi connectivity index (χ1v) is 5.99. The van der Waals surface area contributed by atoms with Crippen LogP contribution in [0.1, 0.15) is 15.9 Å². The second kappa shape index (κ2) is 6.22. The van der Waals surface area contributed by atoms with Gasteiger partial charge in [0.15, 0.2) is 0 Å². The maximum Gasteiger partial charge on any atom is 0.278 e. The van der Waals surface area contributed by atoms with Crippen molar-refractivity contribution in [3.05, 3.63) is 64.7 Å². The Morgan fingerprint density at radius 1 is 1.21 bits per heavy atom. The largest absolute Gasteiger partial charge is 0.507 e. The summed E-state index contributed by atoms with van der Waals surface area (Å²) in [6, 6.07) is 13.6. The van der Waals surface area contributed by atoms with Crippen molar-refractivity contribution in [1.82, 2.24) is 5.48 Å². The third-order valence-corrected chi connectivity index (χ3v) is 2.68. The second-order valence-corrected chi connectivity index (χ2v) is 4.30.